The van der Waals surface area contributed by atoms with Gasteiger partial charge in [-0.2, -0.15) is 0 Å². The van der Waals surface area contributed by atoms with Crippen LogP contribution in [0.1, 0.15) is 19.4 Å². The van der Waals surface area contributed by atoms with Crippen molar-refractivity contribution in [3.63, 3.8) is 0 Å². The van der Waals surface area contributed by atoms with E-state index in [1.807, 2.05) is 30.3 Å². The molecule has 1 aromatic carbocycles. The average molecular weight is 273 g/mol. The number of nitrogens with one attached hydrogen (secondary N) is 1. The number of hydrogen-bond donors (Lipinski definition) is 3. The fraction of sp³-hybridized carbons (Fsp3) is 0.462. The van der Waals surface area contributed by atoms with Gasteiger partial charge in [-0.05, 0) is 25.8 Å². The summed E-state index contributed by atoms with van der Waals surface area (Å²) in [7, 11) is 0. The van der Waals surface area contributed by atoms with Gasteiger partial charge in [-0.3, -0.25) is 4.79 Å². The maximum Gasteiger partial charge on any atom is 0.237 e. The Morgan fingerprint density at radius 1 is 1.39 bits per heavy atom. The van der Waals surface area contributed by atoms with Crippen molar-refractivity contribution in [2.45, 2.75) is 31.8 Å². The zero-order valence-electron chi connectivity index (χ0n) is 10.7. The number of amides is 1. The largest absolute Gasteiger partial charge is 0.394 e. The predicted molar refractivity (Wildman–Crippen MR) is 74.7 cm³/mol. The molecule has 4 N–H and O–H groups in total. The summed E-state index contributed by atoms with van der Waals surface area (Å²) >= 11 is 0. The smallest absolute Gasteiger partial charge is 0.237 e. The molecule has 0 radical (unpaired) electrons. The molecule has 0 saturated heterocycles. The van der Waals surface area contributed by atoms with Crippen molar-refractivity contribution in [2.24, 2.45) is 5.73 Å². The van der Waals surface area contributed by atoms with Crippen LogP contribution in [0, 0.1) is 0 Å². The Kier molecular flexibility index (Phi) is 6.91. The Morgan fingerprint density at radius 2 is 1.94 bits per heavy atom. The minimum absolute atomic E-state index is 0. The molecule has 5 heteroatoms. The second kappa shape index (κ2) is 7.36. The third-order valence-corrected chi connectivity index (χ3v) is 2.49. The maximum atomic E-state index is 11.8. The molecule has 0 bridgehead atoms. The quantitative estimate of drug-likeness (QED) is 0.744. The Morgan fingerprint density at radius 3 is 2.44 bits per heavy atom. The third kappa shape index (κ3) is 5.49. The summed E-state index contributed by atoms with van der Waals surface area (Å²) in [6.07, 6.45) is 0.494. The van der Waals surface area contributed by atoms with Gasteiger partial charge in [0.25, 0.3) is 0 Å². The van der Waals surface area contributed by atoms with E-state index >= 15 is 0 Å². The summed E-state index contributed by atoms with van der Waals surface area (Å²) < 4.78 is 0. The monoisotopic (exact) mass is 272 g/mol. The van der Waals surface area contributed by atoms with Crippen LogP contribution in [-0.2, 0) is 11.2 Å². The van der Waals surface area contributed by atoms with E-state index in [9.17, 15) is 4.79 Å². The highest BCUT2D eigenvalue weighted by Gasteiger charge is 2.22. The molecule has 0 aromatic heterocycles. The van der Waals surface area contributed by atoms with Gasteiger partial charge in [0, 0.05) is 0 Å². The second-order valence-corrected chi connectivity index (χ2v) is 4.83. The van der Waals surface area contributed by atoms with Gasteiger partial charge in [-0.1, -0.05) is 30.3 Å². The number of nitrogens with two attached hydrogens (primary N) is 1. The highest BCUT2D eigenvalue weighted by atomic mass is 35.5. The fourth-order valence-corrected chi connectivity index (χ4v) is 1.43. The Labute approximate surface area is 114 Å². The third-order valence-electron chi connectivity index (χ3n) is 2.49. The van der Waals surface area contributed by atoms with Crippen LogP contribution >= 0.6 is 12.4 Å². The van der Waals surface area contributed by atoms with Gasteiger partial charge >= 0.3 is 0 Å². The van der Waals surface area contributed by atoms with Gasteiger partial charge in [-0.25, -0.2) is 0 Å². The number of carbonyl (C=O) groups is 1. The van der Waals surface area contributed by atoms with Crippen LogP contribution in [0.15, 0.2) is 30.3 Å². The molecule has 18 heavy (non-hydrogen) atoms. The molecule has 0 aliphatic heterocycles. The lowest BCUT2D eigenvalue weighted by Crippen LogP contribution is -2.52. The van der Waals surface area contributed by atoms with E-state index in [2.05, 4.69) is 5.32 Å². The van der Waals surface area contributed by atoms with Gasteiger partial charge < -0.3 is 16.2 Å². The standard InChI is InChI=1S/C13H20N2O2.ClH/c1-13(2,9-16)15-12(17)11(14)8-10-6-4-3-5-7-10;/h3-7,11,16H,8-9,14H2,1-2H3,(H,15,17);1H. The van der Waals surface area contributed by atoms with Crippen LogP contribution in [0.2, 0.25) is 0 Å². The highest BCUT2D eigenvalue weighted by Crippen LogP contribution is 2.04. The molecule has 102 valence electrons. The molecule has 0 saturated carbocycles. The Bertz CT molecular complexity index is 369. The van der Waals surface area contributed by atoms with E-state index in [0.717, 1.165) is 5.56 Å². The van der Waals surface area contributed by atoms with Crippen LogP contribution in [0.4, 0.5) is 0 Å². The summed E-state index contributed by atoms with van der Waals surface area (Å²) in [5.41, 5.74) is 6.21. The molecule has 0 spiro atoms. The number of hydrogen-bond acceptors (Lipinski definition) is 3. The van der Waals surface area contributed by atoms with E-state index in [4.69, 9.17) is 10.8 Å². The lowest BCUT2D eigenvalue weighted by atomic mass is 10.0. The van der Waals surface area contributed by atoms with Crippen LogP contribution < -0.4 is 11.1 Å². The fourth-order valence-electron chi connectivity index (χ4n) is 1.43. The van der Waals surface area contributed by atoms with Crippen LogP contribution in [0.5, 0.6) is 0 Å². The summed E-state index contributed by atoms with van der Waals surface area (Å²) in [6.45, 7) is 3.39. The SMILES string of the molecule is CC(C)(CO)NC(=O)C(N)Cc1ccccc1.Cl. The molecule has 0 fully saturated rings. The van der Waals surface area contributed by atoms with Crippen LogP contribution in [0.3, 0.4) is 0 Å². The maximum absolute atomic E-state index is 11.8. The van der Waals surface area contributed by atoms with E-state index < -0.39 is 11.6 Å². The first-order valence-electron chi connectivity index (χ1n) is 5.67. The molecule has 0 aliphatic carbocycles. The molecule has 0 aliphatic rings. The minimum Gasteiger partial charge on any atom is -0.394 e. The van der Waals surface area contributed by atoms with E-state index in [-0.39, 0.29) is 24.9 Å². The van der Waals surface area contributed by atoms with Crippen molar-refractivity contribution in [1.82, 2.24) is 5.32 Å². The van der Waals surface area contributed by atoms with Gasteiger partial charge in [0.15, 0.2) is 0 Å². The van der Waals surface area contributed by atoms with E-state index in [1.165, 1.54) is 0 Å². The summed E-state index contributed by atoms with van der Waals surface area (Å²) in [6, 6.07) is 9.02. The molecule has 4 nitrogen and oxygen atoms in total. The predicted octanol–water partition coefficient (Wildman–Crippen LogP) is 0.865. The average Bonchev–Trinajstić information content (AvgIpc) is 2.30. The molecule has 1 aromatic rings. The Hall–Kier alpha value is -1.10. The number of benzene rings is 1. The summed E-state index contributed by atoms with van der Waals surface area (Å²) in [5, 5.41) is 11.8. The van der Waals surface area contributed by atoms with Crippen molar-refractivity contribution in [1.29, 1.82) is 0 Å². The van der Waals surface area contributed by atoms with Crippen molar-refractivity contribution < 1.29 is 9.90 Å². The summed E-state index contributed by atoms with van der Waals surface area (Å²) in [4.78, 5) is 11.8. The number of aliphatic hydroxyl groups excluding tert-OH is 1. The molecular formula is C13H21ClN2O2. The van der Waals surface area contributed by atoms with Crippen molar-refractivity contribution in [3.05, 3.63) is 35.9 Å². The summed E-state index contributed by atoms with van der Waals surface area (Å²) in [5.74, 6) is -0.243. The first-order chi connectivity index (χ1) is 7.94. The van der Waals surface area contributed by atoms with Gasteiger partial charge in [0.1, 0.15) is 0 Å². The highest BCUT2D eigenvalue weighted by molar-refractivity contribution is 5.85. The molecule has 1 amide bonds. The lowest BCUT2D eigenvalue weighted by Gasteiger charge is -2.25. The molecule has 1 atom stereocenters. The van der Waals surface area contributed by atoms with Crippen molar-refractivity contribution >= 4 is 18.3 Å². The van der Waals surface area contributed by atoms with Crippen LogP contribution in [-0.4, -0.2) is 29.2 Å². The normalized spacial score (nSPS) is 12.4. The number of carbonyl (C=O) groups excluding carboxylic acids is 1. The molecule has 1 rings (SSSR count). The van der Waals surface area contributed by atoms with Gasteiger partial charge in [0.05, 0.1) is 18.2 Å². The molecule has 1 unspecified atom stereocenters. The van der Waals surface area contributed by atoms with Gasteiger partial charge in [0.2, 0.25) is 5.91 Å². The van der Waals surface area contributed by atoms with Gasteiger partial charge in [-0.15, -0.1) is 12.4 Å². The first-order valence-corrected chi connectivity index (χ1v) is 5.67. The Balaban J connectivity index is 0.00000289. The first kappa shape index (κ1) is 16.9. The zero-order chi connectivity index (χ0) is 12.9. The van der Waals surface area contributed by atoms with E-state index in [1.54, 1.807) is 13.8 Å². The minimum atomic E-state index is -0.634. The van der Waals surface area contributed by atoms with E-state index in [0.29, 0.717) is 6.42 Å². The second-order valence-electron chi connectivity index (χ2n) is 4.83. The van der Waals surface area contributed by atoms with Crippen LogP contribution in [0.25, 0.3) is 0 Å². The topological polar surface area (TPSA) is 75.3 Å². The molecular weight excluding hydrogens is 252 g/mol. The molecule has 0 heterocycles. The number of rotatable bonds is 5. The van der Waals surface area contributed by atoms with Crippen molar-refractivity contribution in [2.75, 3.05) is 6.61 Å². The lowest BCUT2D eigenvalue weighted by molar-refractivity contribution is -0.124. The van der Waals surface area contributed by atoms with Crippen molar-refractivity contribution in [3.8, 4) is 0 Å². The zero-order valence-corrected chi connectivity index (χ0v) is 11.5. The number of aliphatic hydroxyl groups is 1. The number of halogens is 1.